The molecule has 0 unspecified atom stereocenters. The van der Waals surface area contributed by atoms with Crippen molar-refractivity contribution in [2.75, 3.05) is 6.79 Å². The summed E-state index contributed by atoms with van der Waals surface area (Å²) in [6, 6.07) is 9.92. The van der Waals surface area contributed by atoms with E-state index in [4.69, 9.17) is 15.9 Å². The van der Waals surface area contributed by atoms with Gasteiger partial charge in [-0.2, -0.15) is 0 Å². The van der Waals surface area contributed by atoms with E-state index in [2.05, 4.69) is 5.92 Å². The highest BCUT2D eigenvalue weighted by atomic mass is 19.1. The molecule has 0 aromatic heterocycles. The Morgan fingerprint density at radius 1 is 1.06 bits per heavy atom. The zero-order valence-electron chi connectivity index (χ0n) is 9.44. The van der Waals surface area contributed by atoms with E-state index in [1.54, 1.807) is 30.3 Å². The van der Waals surface area contributed by atoms with Crippen LogP contribution in [0.5, 0.6) is 11.5 Å². The van der Waals surface area contributed by atoms with E-state index in [0.29, 0.717) is 28.2 Å². The van der Waals surface area contributed by atoms with Crippen molar-refractivity contribution in [1.29, 1.82) is 0 Å². The molecular formula is C15H9FO2. The van der Waals surface area contributed by atoms with Crippen LogP contribution in [0.15, 0.2) is 36.4 Å². The predicted molar refractivity (Wildman–Crippen MR) is 65.9 cm³/mol. The average Bonchev–Trinajstić information content (AvgIpc) is 2.85. The first kappa shape index (κ1) is 10.7. The summed E-state index contributed by atoms with van der Waals surface area (Å²) < 4.78 is 24.3. The monoisotopic (exact) mass is 240 g/mol. The third-order valence-corrected chi connectivity index (χ3v) is 2.83. The van der Waals surface area contributed by atoms with Gasteiger partial charge in [-0.15, -0.1) is 6.42 Å². The van der Waals surface area contributed by atoms with E-state index in [-0.39, 0.29) is 12.6 Å². The molecule has 0 amide bonds. The van der Waals surface area contributed by atoms with Gasteiger partial charge in [-0.05, 0) is 12.1 Å². The summed E-state index contributed by atoms with van der Waals surface area (Å²) in [4.78, 5) is 0. The maximum atomic E-state index is 13.8. The fourth-order valence-corrected chi connectivity index (χ4v) is 1.96. The molecule has 0 spiro atoms. The van der Waals surface area contributed by atoms with Crippen molar-refractivity contribution in [2.45, 2.75) is 0 Å². The van der Waals surface area contributed by atoms with Gasteiger partial charge in [0, 0.05) is 22.8 Å². The van der Waals surface area contributed by atoms with E-state index in [1.165, 1.54) is 6.07 Å². The second-order valence-electron chi connectivity index (χ2n) is 3.88. The quantitative estimate of drug-likeness (QED) is 0.712. The minimum atomic E-state index is -0.312. The van der Waals surface area contributed by atoms with Gasteiger partial charge in [-0.1, -0.05) is 24.1 Å². The molecule has 88 valence electrons. The summed E-state index contributed by atoms with van der Waals surface area (Å²) in [6.45, 7) is 0.167. The van der Waals surface area contributed by atoms with E-state index in [9.17, 15) is 4.39 Å². The highest BCUT2D eigenvalue weighted by molar-refractivity contribution is 5.75. The van der Waals surface area contributed by atoms with Gasteiger partial charge in [0.2, 0.25) is 6.79 Å². The lowest BCUT2D eigenvalue weighted by Crippen LogP contribution is -1.92. The molecule has 1 aliphatic rings. The van der Waals surface area contributed by atoms with Crippen LogP contribution in [0.4, 0.5) is 4.39 Å². The summed E-state index contributed by atoms with van der Waals surface area (Å²) in [7, 11) is 0. The number of ether oxygens (including phenoxy) is 2. The zero-order valence-corrected chi connectivity index (χ0v) is 9.44. The average molecular weight is 240 g/mol. The molecule has 1 heterocycles. The van der Waals surface area contributed by atoms with Gasteiger partial charge in [-0.3, -0.25) is 0 Å². The molecule has 0 saturated carbocycles. The molecule has 0 atom stereocenters. The Morgan fingerprint density at radius 2 is 1.78 bits per heavy atom. The van der Waals surface area contributed by atoms with Gasteiger partial charge in [-0.25, -0.2) is 4.39 Å². The molecule has 0 aliphatic carbocycles. The third-order valence-electron chi connectivity index (χ3n) is 2.83. The first-order valence-electron chi connectivity index (χ1n) is 5.45. The van der Waals surface area contributed by atoms with Crippen molar-refractivity contribution in [3.8, 4) is 35.0 Å². The highest BCUT2D eigenvalue weighted by Crippen LogP contribution is 2.39. The van der Waals surface area contributed by atoms with Crippen molar-refractivity contribution >= 4 is 0 Å². The number of terminal acetylenes is 1. The second kappa shape index (κ2) is 4.08. The number of rotatable bonds is 1. The van der Waals surface area contributed by atoms with Crippen molar-refractivity contribution < 1.29 is 13.9 Å². The number of hydrogen-bond acceptors (Lipinski definition) is 2. The maximum Gasteiger partial charge on any atom is 0.231 e. The van der Waals surface area contributed by atoms with Crippen LogP contribution >= 0.6 is 0 Å². The molecule has 2 aromatic rings. The van der Waals surface area contributed by atoms with Crippen LogP contribution in [0, 0.1) is 18.2 Å². The largest absolute Gasteiger partial charge is 0.454 e. The Hall–Kier alpha value is -2.47. The van der Waals surface area contributed by atoms with E-state index in [1.807, 2.05) is 0 Å². The van der Waals surface area contributed by atoms with Crippen molar-refractivity contribution in [2.24, 2.45) is 0 Å². The van der Waals surface area contributed by atoms with E-state index in [0.717, 1.165) is 0 Å². The van der Waals surface area contributed by atoms with Crippen LogP contribution in [0.25, 0.3) is 11.1 Å². The van der Waals surface area contributed by atoms with Crippen LogP contribution in [0.1, 0.15) is 5.56 Å². The minimum absolute atomic E-state index is 0.167. The molecule has 3 rings (SSSR count). The van der Waals surface area contributed by atoms with Crippen molar-refractivity contribution in [1.82, 2.24) is 0 Å². The van der Waals surface area contributed by atoms with Gasteiger partial charge >= 0.3 is 0 Å². The molecule has 18 heavy (non-hydrogen) atoms. The molecule has 1 aliphatic heterocycles. The Kier molecular flexibility index (Phi) is 2.42. The summed E-state index contributed by atoms with van der Waals surface area (Å²) in [5, 5.41) is 0. The van der Waals surface area contributed by atoms with Crippen molar-refractivity contribution in [3.05, 3.63) is 47.8 Å². The molecular weight excluding hydrogens is 231 g/mol. The number of fused-ring (bicyclic) bond motifs is 1. The number of halogens is 1. The lowest BCUT2D eigenvalue weighted by Gasteiger charge is -2.08. The lowest BCUT2D eigenvalue weighted by atomic mass is 9.99. The Labute approximate surface area is 104 Å². The fraction of sp³-hybridized carbons (Fsp3) is 0.0667. The minimum Gasteiger partial charge on any atom is -0.454 e. The first-order chi connectivity index (χ1) is 8.79. The van der Waals surface area contributed by atoms with Crippen LogP contribution in [0.2, 0.25) is 0 Å². The standard InChI is InChI=1S/C15H9FO2/c1-2-10-7-14-15(18-9-17-14)8-12(10)11-5-3-4-6-13(11)16/h1,3-8H,9H2. The molecule has 0 fully saturated rings. The number of hydrogen-bond donors (Lipinski definition) is 0. The summed E-state index contributed by atoms with van der Waals surface area (Å²) in [6.07, 6.45) is 5.46. The van der Waals surface area contributed by atoms with Crippen molar-refractivity contribution in [3.63, 3.8) is 0 Å². The zero-order chi connectivity index (χ0) is 12.5. The van der Waals surface area contributed by atoms with E-state index < -0.39 is 0 Å². The molecule has 2 nitrogen and oxygen atoms in total. The van der Waals surface area contributed by atoms with Gasteiger partial charge in [0.05, 0.1) is 0 Å². The SMILES string of the molecule is C#Cc1cc2c(cc1-c1ccccc1F)OCO2. The predicted octanol–water partition coefficient (Wildman–Crippen LogP) is 3.20. The molecule has 0 saturated heterocycles. The topological polar surface area (TPSA) is 18.5 Å². The van der Waals surface area contributed by atoms with E-state index >= 15 is 0 Å². The Balaban J connectivity index is 2.24. The first-order valence-corrected chi connectivity index (χ1v) is 5.45. The third kappa shape index (κ3) is 1.59. The van der Waals surface area contributed by atoms with Crippen LogP contribution in [-0.2, 0) is 0 Å². The summed E-state index contributed by atoms with van der Waals surface area (Å²) >= 11 is 0. The Bertz CT molecular complexity index is 656. The van der Waals surface area contributed by atoms with Gasteiger partial charge in [0.15, 0.2) is 11.5 Å². The molecule has 0 bridgehead atoms. The van der Waals surface area contributed by atoms with Crippen LogP contribution in [0.3, 0.4) is 0 Å². The van der Waals surface area contributed by atoms with Crippen LogP contribution < -0.4 is 9.47 Å². The lowest BCUT2D eigenvalue weighted by molar-refractivity contribution is 0.174. The van der Waals surface area contributed by atoms with Gasteiger partial charge in [0.25, 0.3) is 0 Å². The molecule has 0 N–H and O–H groups in total. The Morgan fingerprint density at radius 3 is 2.50 bits per heavy atom. The fourth-order valence-electron chi connectivity index (χ4n) is 1.96. The molecule has 2 aromatic carbocycles. The highest BCUT2D eigenvalue weighted by Gasteiger charge is 2.18. The van der Waals surface area contributed by atoms with Gasteiger partial charge < -0.3 is 9.47 Å². The summed E-state index contributed by atoms with van der Waals surface area (Å²) in [5.41, 5.74) is 1.69. The normalized spacial score (nSPS) is 12.2. The van der Waals surface area contributed by atoms with Crippen LogP contribution in [-0.4, -0.2) is 6.79 Å². The van der Waals surface area contributed by atoms with Gasteiger partial charge in [0.1, 0.15) is 5.82 Å². The smallest absolute Gasteiger partial charge is 0.231 e. The maximum absolute atomic E-state index is 13.8. The summed E-state index contributed by atoms with van der Waals surface area (Å²) in [5.74, 6) is 3.43. The second-order valence-corrected chi connectivity index (χ2v) is 3.88. The molecule has 3 heteroatoms. The number of benzene rings is 2. The molecule has 0 radical (unpaired) electrons.